The molecule has 1 N–H and O–H groups in total. The topological polar surface area (TPSA) is 55.8 Å². The number of benzene rings is 3. The quantitative estimate of drug-likeness (QED) is 0.456. The number of rotatable bonds is 10. The van der Waals surface area contributed by atoms with Gasteiger partial charge in [-0.15, -0.1) is 0 Å². The van der Waals surface area contributed by atoms with E-state index in [4.69, 9.17) is 9.05 Å². The van der Waals surface area contributed by atoms with Crippen LogP contribution >= 0.6 is 7.60 Å². The van der Waals surface area contributed by atoms with Crippen LogP contribution in [0.1, 0.15) is 23.1 Å². The van der Waals surface area contributed by atoms with Gasteiger partial charge in [0.1, 0.15) is 0 Å². The lowest BCUT2D eigenvalue weighted by Gasteiger charge is -2.23. The Hall–Kier alpha value is -2.23. The Labute approximate surface area is 166 Å². The van der Waals surface area contributed by atoms with Gasteiger partial charge in [0.2, 0.25) is 0 Å². The van der Waals surface area contributed by atoms with Crippen molar-refractivity contribution in [2.24, 2.45) is 0 Å². The van der Waals surface area contributed by atoms with Gasteiger partial charge in [-0.1, -0.05) is 91.0 Å². The third-order valence-corrected chi connectivity index (χ3v) is 6.37. The minimum absolute atomic E-state index is 0.120. The first-order chi connectivity index (χ1) is 13.7. The molecule has 0 aliphatic heterocycles. The second-order valence-electron chi connectivity index (χ2n) is 6.56. The molecule has 1 atom stereocenters. The summed E-state index contributed by atoms with van der Waals surface area (Å²) in [7, 11) is -3.72. The smallest absolute Gasteiger partial charge is 0.359 e. The molecule has 0 radical (unpaired) electrons. The summed E-state index contributed by atoms with van der Waals surface area (Å²) in [6.07, 6.45) is 0.889. The van der Waals surface area contributed by atoms with Crippen molar-refractivity contribution in [1.82, 2.24) is 0 Å². The van der Waals surface area contributed by atoms with Crippen molar-refractivity contribution < 1.29 is 18.7 Å². The molecule has 0 aromatic heterocycles. The molecule has 3 aromatic carbocycles. The average Bonchev–Trinajstić information content (AvgIpc) is 2.77. The Bertz CT molecular complexity index is 821. The average molecular weight is 396 g/mol. The molecule has 3 aromatic rings. The minimum atomic E-state index is -3.72. The maximum absolute atomic E-state index is 13.4. The number of hydrogen-bond donors (Lipinski definition) is 1. The van der Waals surface area contributed by atoms with Crippen LogP contribution in [0.3, 0.4) is 0 Å². The van der Waals surface area contributed by atoms with Gasteiger partial charge in [0.15, 0.2) is 5.85 Å². The van der Waals surface area contributed by atoms with Crippen LogP contribution in [0.4, 0.5) is 0 Å². The van der Waals surface area contributed by atoms with Gasteiger partial charge in [-0.3, -0.25) is 4.57 Å². The summed E-state index contributed by atoms with van der Waals surface area (Å²) < 4.78 is 24.7. The number of aryl methyl sites for hydroxylation is 1. The second kappa shape index (κ2) is 10.4. The zero-order valence-corrected chi connectivity index (χ0v) is 16.6. The van der Waals surface area contributed by atoms with Gasteiger partial charge in [0.25, 0.3) is 0 Å². The summed E-state index contributed by atoms with van der Waals surface area (Å²) in [4.78, 5) is 0. The van der Waals surface area contributed by atoms with Crippen LogP contribution in [-0.4, -0.2) is 11.0 Å². The van der Waals surface area contributed by atoms with E-state index in [-0.39, 0.29) is 13.2 Å². The molecule has 0 amide bonds. The van der Waals surface area contributed by atoms with Gasteiger partial charge >= 0.3 is 7.60 Å². The first-order valence-corrected chi connectivity index (χ1v) is 11.0. The van der Waals surface area contributed by atoms with E-state index in [9.17, 15) is 9.67 Å². The zero-order valence-electron chi connectivity index (χ0n) is 15.7. The highest BCUT2D eigenvalue weighted by Gasteiger charge is 2.34. The van der Waals surface area contributed by atoms with Crippen molar-refractivity contribution in [3.8, 4) is 0 Å². The van der Waals surface area contributed by atoms with E-state index in [1.165, 1.54) is 0 Å². The highest BCUT2D eigenvalue weighted by Crippen LogP contribution is 2.54. The fourth-order valence-corrected chi connectivity index (χ4v) is 4.31. The van der Waals surface area contributed by atoms with E-state index >= 15 is 0 Å². The van der Waals surface area contributed by atoms with Crippen molar-refractivity contribution in [3.63, 3.8) is 0 Å². The third kappa shape index (κ3) is 6.15. The summed E-state index contributed by atoms with van der Waals surface area (Å²) >= 11 is 0. The fraction of sp³-hybridized carbons (Fsp3) is 0.217. The van der Waals surface area contributed by atoms with Crippen molar-refractivity contribution in [2.45, 2.75) is 31.9 Å². The van der Waals surface area contributed by atoms with E-state index in [0.717, 1.165) is 16.7 Å². The molecular formula is C23H25O4P. The van der Waals surface area contributed by atoms with Crippen molar-refractivity contribution in [3.05, 3.63) is 108 Å². The van der Waals surface area contributed by atoms with Gasteiger partial charge in [-0.25, -0.2) is 0 Å². The SMILES string of the molecule is O=P(OCc1ccccc1)(OCc1ccccc1)C(O)CCc1ccccc1. The van der Waals surface area contributed by atoms with Crippen LogP contribution in [0.2, 0.25) is 0 Å². The summed E-state index contributed by atoms with van der Waals surface area (Å²) in [5.74, 6) is -1.19. The maximum Gasteiger partial charge on any atom is 0.359 e. The van der Waals surface area contributed by atoms with Crippen molar-refractivity contribution in [1.29, 1.82) is 0 Å². The Balaban J connectivity index is 1.67. The molecule has 0 aliphatic rings. The monoisotopic (exact) mass is 396 g/mol. The van der Waals surface area contributed by atoms with Crippen LogP contribution in [0.5, 0.6) is 0 Å². The second-order valence-corrected chi connectivity index (χ2v) is 8.75. The molecule has 0 heterocycles. The molecule has 4 nitrogen and oxygen atoms in total. The molecule has 1 unspecified atom stereocenters. The number of aliphatic hydroxyl groups is 1. The summed E-state index contributed by atoms with van der Waals surface area (Å²) in [5, 5.41) is 10.7. The summed E-state index contributed by atoms with van der Waals surface area (Å²) in [6.45, 7) is 0.241. The van der Waals surface area contributed by atoms with E-state index < -0.39 is 13.4 Å². The van der Waals surface area contributed by atoms with Gasteiger partial charge < -0.3 is 14.2 Å². The van der Waals surface area contributed by atoms with Gasteiger partial charge in [-0.05, 0) is 29.5 Å². The standard InChI is InChI=1S/C23H25O4P/c24-23(17-16-20-10-4-1-5-11-20)28(25,26-18-21-12-6-2-7-13-21)27-19-22-14-8-3-9-15-22/h1-15,23-24H,16-19H2. The Morgan fingerprint density at radius 2 is 1.07 bits per heavy atom. The van der Waals surface area contributed by atoms with Crippen LogP contribution in [0.25, 0.3) is 0 Å². The molecule has 0 fully saturated rings. The predicted molar refractivity (Wildman–Crippen MR) is 111 cm³/mol. The Morgan fingerprint density at radius 1 is 0.679 bits per heavy atom. The predicted octanol–water partition coefficient (Wildman–Crippen LogP) is 5.56. The molecule has 28 heavy (non-hydrogen) atoms. The van der Waals surface area contributed by atoms with Crippen LogP contribution in [0.15, 0.2) is 91.0 Å². The molecule has 3 rings (SSSR count). The Kier molecular flexibility index (Phi) is 7.58. The zero-order chi connectivity index (χ0) is 19.7. The molecule has 0 saturated carbocycles. The van der Waals surface area contributed by atoms with Gasteiger partial charge in [-0.2, -0.15) is 0 Å². The van der Waals surface area contributed by atoms with E-state index in [2.05, 4.69) is 0 Å². The van der Waals surface area contributed by atoms with Crippen LogP contribution in [-0.2, 0) is 33.2 Å². The lowest BCUT2D eigenvalue weighted by atomic mass is 10.1. The number of aliphatic hydroxyl groups excluding tert-OH is 1. The highest BCUT2D eigenvalue weighted by molar-refractivity contribution is 7.54. The molecular weight excluding hydrogens is 371 g/mol. The highest BCUT2D eigenvalue weighted by atomic mass is 31.2. The molecule has 0 spiro atoms. The van der Waals surface area contributed by atoms with E-state index in [1.54, 1.807) is 0 Å². The van der Waals surface area contributed by atoms with Gasteiger partial charge in [0, 0.05) is 0 Å². The number of hydrogen-bond acceptors (Lipinski definition) is 4. The first kappa shape index (κ1) is 20.5. The van der Waals surface area contributed by atoms with Crippen molar-refractivity contribution >= 4 is 7.60 Å². The van der Waals surface area contributed by atoms with E-state index in [1.807, 2.05) is 91.0 Å². The largest absolute Gasteiger partial charge is 0.380 e. The van der Waals surface area contributed by atoms with Crippen molar-refractivity contribution in [2.75, 3.05) is 0 Å². The molecule has 5 heteroatoms. The Morgan fingerprint density at radius 3 is 1.50 bits per heavy atom. The normalized spacial score (nSPS) is 12.6. The van der Waals surface area contributed by atoms with E-state index in [0.29, 0.717) is 12.8 Å². The lowest BCUT2D eigenvalue weighted by Crippen LogP contribution is -2.14. The summed E-state index contributed by atoms with van der Waals surface area (Å²) in [5.41, 5.74) is 2.82. The minimum Gasteiger partial charge on any atom is -0.380 e. The molecule has 146 valence electrons. The first-order valence-electron chi connectivity index (χ1n) is 9.34. The molecule has 0 saturated heterocycles. The van der Waals surface area contributed by atoms with Gasteiger partial charge in [0.05, 0.1) is 13.2 Å². The lowest BCUT2D eigenvalue weighted by molar-refractivity contribution is 0.128. The fourth-order valence-electron chi connectivity index (χ4n) is 2.79. The van der Waals surface area contributed by atoms with Crippen LogP contribution < -0.4 is 0 Å². The summed E-state index contributed by atoms with van der Waals surface area (Å²) in [6, 6.07) is 28.7. The maximum atomic E-state index is 13.4. The molecule has 0 bridgehead atoms. The molecule has 0 aliphatic carbocycles. The third-order valence-electron chi connectivity index (χ3n) is 4.41. The van der Waals surface area contributed by atoms with Crippen LogP contribution in [0, 0.1) is 0 Å².